The van der Waals surface area contributed by atoms with Crippen molar-refractivity contribution in [1.82, 2.24) is 5.32 Å². The van der Waals surface area contributed by atoms with Crippen molar-refractivity contribution in [1.29, 1.82) is 0 Å². The highest BCUT2D eigenvalue weighted by Gasteiger charge is 2.33. The minimum Gasteiger partial charge on any atom is -0.303 e. The van der Waals surface area contributed by atoms with Gasteiger partial charge in [-0.1, -0.05) is 36.4 Å². The molecule has 1 aliphatic carbocycles. The standard InChI is InChI=1S/C19H22FN/c1-13-5-3-4-6-18(13)14(2)21-19(15-7-8-15)16-9-11-17(20)12-10-16/h3-6,9-12,14-15,19,21H,7-8H2,1-2H3. The molecule has 0 heterocycles. The van der Waals surface area contributed by atoms with E-state index in [2.05, 4.69) is 43.4 Å². The van der Waals surface area contributed by atoms with Gasteiger partial charge in [0.15, 0.2) is 0 Å². The second-order valence-electron chi connectivity index (χ2n) is 6.11. The molecule has 0 radical (unpaired) electrons. The smallest absolute Gasteiger partial charge is 0.123 e. The van der Waals surface area contributed by atoms with Crippen molar-refractivity contribution < 1.29 is 4.39 Å². The van der Waals surface area contributed by atoms with Gasteiger partial charge >= 0.3 is 0 Å². The topological polar surface area (TPSA) is 12.0 Å². The summed E-state index contributed by atoms with van der Waals surface area (Å²) in [5.41, 5.74) is 3.84. The number of aryl methyl sites for hydroxylation is 1. The highest BCUT2D eigenvalue weighted by molar-refractivity contribution is 5.29. The Balaban J connectivity index is 1.79. The van der Waals surface area contributed by atoms with Crippen LogP contribution in [0.4, 0.5) is 4.39 Å². The maximum absolute atomic E-state index is 13.1. The van der Waals surface area contributed by atoms with Gasteiger partial charge in [-0.05, 0) is 61.4 Å². The molecule has 21 heavy (non-hydrogen) atoms. The Bertz CT molecular complexity index is 601. The summed E-state index contributed by atoms with van der Waals surface area (Å²) in [5, 5.41) is 3.75. The minimum absolute atomic E-state index is 0.166. The molecule has 0 aromatic heterocycles. The summed E-state index contributed by atoms with van der Waals surface area (Å²) in [6.45, 7) is 4.36. The van der Waals surface area contributed by atoms with Crippen LogP contribution in [0.2, 0.25) is 0 Å². The zero-order valence-electron chi connectivity index (χ0n) is 12.6. The number of nitrogens with one attached hydrogen (secondary N) is 1. The lowest BCUT2D eigenvalue weighted by Crippen LogP contribution is -2.26. The molecule has 3 rings (SSSR count). The van der Waals surface area contributed by atoms with Crippen LogP contribution in [0.15, 0.2) is 48.5 Å². The molecule has 2 aromatic carbocycles. The van der Waals surface area contributed by atoms with Crippen molar-refractivity contribution in [3.63, 3.8) is 0 Å². The molecule has 1 nitrogen and oxygen atoms in total. The fourth-order valence-electron chi connectivity index (χ4n) is 3.04. The molecule has 0 amide bonds. The van der Waals surface area contributed by atoms with E-state index >= 15 is 0 Å². The van der Waals surface area contributed by atoms with E-state index in [0.717, 1.165) is 0 Å². The highest BCUT2D eigenvalue weighted by Crippen LogP contribution is 2.42. The fraction of sp³-hybridized carbons (Fsp3) is 0.368. The number of hydrogen-bond donors (Lipinski definition) is 1. The van der Waals surface area contributed by atoms with E-state index in [9.17, 15) is 4.39 Å². The maximum Gasteiger partial charge on any atom is 0.123 e. The molecular formula is C19H22FN. The van der Waals surface area contributed by atoms with Gasteiger partial charge < -0.3 is 5.32 Å². The van der Waals surface area contributed by atoms with Gasteiger partial charge in [0.05, 0.1) is 0 Å². The highest BCUT2D eigenvalue weighted by atomic mass is 19.1. The number of halogens is 1. The lowest BCUT2D eigenvalue weighted by atomic mass is 9.97. The minimum atomic E-state index is -0.166. The van der Waals surface area contributed by atoms with Crippen molar-refractivity contribution in [3.05, 3.63) is 71.0 Å². The summed E-state index contributed by atoms with van der Waals surface area (Å²) in [5.74, 6) is 0.516. The summed E-state index contributed by atoms with van der Waals surface area (Å²) in [7, 11) is 0. The van der Waals surface area contributed by atoms with Gasteiger partial charge in [-0.25, -0.2) is 4.39 Å². The molecule has 1 fully saturated rings. The van der Waals surface area contributed by atoms with E-state index in [1.807, 2.05) is 12.1 Å². The average molecular weight is 283 g/mol. The summed E-state index contributed by atoms with van der Waals surface area (Å²) in [6, 6.07) is 16.1. The third kappa shape index (κ3) is 3.33. The summed E-state index contributed by atoms with van der Waals surface area (Å²) >= 11 is 0. The quantitative estimate of drug-likeness (QED) is 0.820. The second-order valence-corrected chi connectivity index (χ2v) is 6.11. The third-order valence-corrected chi connectivity index (χ3v) is 4.41. The van der Waals surface area contributed by atoms with Gasteiger partial charge in [-0.15, -0.1) is 0 Å². The first-order valence-electron chi connectivity index (χ1n) is 7.72. The molecular weight excluding hydrogens is 261 g/mol. The molecule has 1 saturated carbocycles. The number of hydrogen-bond acceptors (Lipinski definition) is 1. The van der Waals surface area contributed by atoms with Crippen LogP contribution in [0.25, 0.3) is 0 Å². The zero-order valence-corrected chi connectivity index (χ0v) is 12.6. The van der Waals surface area contributed by atoms with Gasteiger partial charge in [-0.3, -0.25) is 0 Å². The van der Waals surface area contributed by atoms with Crippen molar-refractivity contribution in [2.45, 2.75) is 38.8 Å². The normalized spacial score (nSPS) is 17.5. The largest absolute Gasteiger partial charge is 0.303 e. The lowest BCUT2D eigenvalue weighted by molar-refractivity contribution is 0.426. The molecule has 0 aliphatic heterocycles. The Morgan fingerprint density at radius 2 is 1.71 bits per heavy atom. The Morgan fingerprint density at radius 1 is 1.05 bits per heavy atom. The second kappa shape index (κ2) is 5.98. The van der Waals surface area contributed by atoms with E-state index in [1.54, 1.807) is 12.1 Å². The van der Waals surface area contributed by atoms with Crippen LogP contribution < -0.4 is 5.32 Å². The predicted octanol–water partition coefficient (Wildman–Crippen LogP) is 4.94. The third-order valence-electron chi connectivity index (χ3n) is 4.41. The Morgan fingerprint density at radius 3 is 2.33 bits per heavy atom. The first kappa shape index (κ1) is 14.3. The van der Waals surface area contributed by atoms with Gasteiger partial charge in [0.1, 0.15) is 5.82 Å². The molecule has 2 heteroatoms. The van der Waals surface area contributed by atoms with Gasteiger partial charge in [0.2, 0.25) is 0 Å². The van der Waals surface area contributed by atoms with Crippen LogP contribution in [0.1, 0.15) is 48.5 Å². The fourth-order valence-corrected chi connectivity index (χ4v) is 3.04. The van der Waals surface area contributed by atoms with Crippen LogP contribution in [0.3, 0.4) is 0 Å². The van der Waals surface area contributed by atoms with Crippen LogP contribution in [-0.4, -0.2) is 0 Å². The van der Waals surface area contributed by atoms with Gasteiger partial charge in [-0.2, -0.15) is 0 Å². The molecule has 2 unspecified atom stereocenters. The van der Waals surface area contributed by atoms with Crippen molar-refractivity contribution in [2.75, 3.05) is 0 Å². The summed E-state index contributed by atoms with van der Waals surface area (Å²) in [6.07, 6.45) is 2.52. The summed E-state index contributed by atoms with van der Waals surface area (Å²) < 4.78 is 13.1. The summed E-state index contributed by atoms with van der Waals surface area (Å²) in [4.78, 5) is 0. The first-order valence-corrected chi connectivity index (χ1v) is 7.72. The van der Waals surface area contributed by atoms with Crippen LogP contribution in [0, 0.1) is 18.7 Å². The van der Waals surface area contributed by atoms with Crippen LogP contribution >= 0.6 is 0 Å². The molecule has 0 bridgehead atoms. The molecule has 0 spiro atoms. The lowest BCUT2D eigenvalue weighted by Gasteiger charge is -2.25. The van der Waals surface area contributed by atoms with Crippen molar-refractivity contribution in [3.8, 4) is 0 Å². The monoisotopic (exact) mass is 283 g/mol. The number of benzene rings is 2. The Hall–Kier alpha value is -1.67. The van der Waals surface area contributed by atoms with Crippen LogP contribution in [0.5, 0.6) is 0 Å². The first-order chi connectivity index (χ1) is 10.1. The predicted molar refractivity (Wildman–Crippen MR) is 84.6 cm³/mol. The maximum atomic E-state index is 13.1. The van der Waals surface area contributed by atoms with Crippen molar-refractivity contribution in [2.24, 2.45) is 5.92 Å². The van der Waals surface area contributed by atoms with Crippen molar-refractivity contribution >= 4 is 0 Å². The molecule has 0 saturated heterocycles. The molecule has 110 valence electrons. The molecule has 2 atom stereocenters. The Labute approximate surface area is 126 Å². The Kier molecular flexibility index (Phi) is 4.07. The molecule has 1 N–H and O–H groups in total. The van der Waals surface area contributed by atoms with E-state index in [-0.39, 0.29) is 5.82 Å². The molecule has 2 aromatic rings. The van der Waals surface area contributed by atoms with Gasteiger partial charge in [0.25, 0.3) is 0 Å². The van der Waals surface area contributed by atoms with Crippen LogP contribution in [-0.2, 0) is 0 Å². The molecule has 1 aliphatic rings. The van der Waals surface area contributed by atoms with E-state index in [1.165, 1.54) is 29.5 Å². The van der Waals surface area contributed by atoms with E-state index in [4.69, 9.17) is 0 Å². The zero-order chi connectivity index (χ0) is 14.8. The van der Waals surface area contributed by atoms with E-state index in [0.29, 0.717) is 18.0 Å². The number of rotatable bonds is 5. The van der Waals surface area contributed by atoms with Gasteiger partial charge in [0, 0.05) is 12.1 Å². The average Bonchev–Trinajstić information content (AvgIpc) is 3.31. The van der Waals surface area contributed by atoms with E-state index < -0.39 is 0 Å². The SMILES string of the molecule is Cc1ccccc1C(C)NC(c1ccc(F)cc1)C1CC1.